The lowest BCUT2D eigenvalue weighted by Crippen LogP contribution is -2.20. The Bertz CT molecular complexity index is 762. The maximum Gasteiger partial charge on any atom is 0.280 e. The average Bonchev–Trinajstić information content (AvgIpc) is 2.74. The molecule has 0 aliphatic heterocycles. The van der Waals surface area contributed by atoms with Crippen molar-refractivity contribution in [1.29, 1.82) is 0 Å². The molecule has 0 aliphatic carbocycles. The molecule has 0 unspecified atom stereocenters. The van der Waals surface area contributed by atoms with Crippen LogP contribution in [-0.4, -0.2) is 24.2 Å². The Hall–Kier alpha value is -1.79. The highest BCUT2D eigenvalue weighted by atomic mass is 32.1. The molecule has 1 aromatic heterocycles. The largest absolute Gasteiger partial charge is 0.383 e. The minimum absolute atomic E-state index is 0.294. The molecule has 1 aromatic carbocycles. The van der Waals surface area contributed by atoms with Crippen molar-refractivity contribution < 1.29 is 13.9 Å². The highest BCUT2D eigenvalue weighted by Gasteiger charge is 2.12. The van der Waals surface area contributed by atoms with Crippen molar-refractivity contribution in [2.24, 2.45) is 4.99 Å². The van der Waals surface area contributed by atoms with Crippen LogP contribution in [0.5, 0.6) is 0 Å². The van der Waals surface area contributed by atoms with Gasteiger partial charge in [-0.3, -0.25) is 4.79 Å². The van der Waals surface area contributed by atoms with Gasteiger partial charge in [0.2, 0.25) is 0 Å². The number of carbonyl (C=O) groups is 1. The number of nitrogens with zero attached hydrogens (tertiary/aromatic N) is 2. The lowest BCUT2D eigenvalue weighted by molar-refractivity contribution is 0.0996. The summed E-state index contributed by atoms with van der Waals surface area (Å²) in [5.74, 6) is -0.862. The zero-order valence-electron chi connectivity index (χ0n) is 13.1. The lowest BCUT2D eigenvalue weighted by atomic mass is 10.1. The Labute approximate surface area is 132 Å². The van der Waals surface area contributed by atoms with Gasteiger partial charge < -0.3 is 9.30 Å². The summed E-state index contributed by atoms with van der Waals surface area (Å²) in [5, 5.41) is 0. The predicted molar refractivity (Wildman–Crippen MR) is 84.7 cm³/mol. The van der Waals surface area contributed by atoms with Crippen LogP contribution >= 0.6 is 11.3 Å². The number of carbonyl (C=O) groups excluding carboxylic acids is 1. The van der Waals surface area contributed by atoms with Gasteiger partial charge in [-0.05, 0) is 38.5 Å². The fourth-order valence-electron chi connectivity index (χ4n) is 2.10. The van der Waals surface area contributed by atoms with Crippen molar-refractivity contribution >= 4 is 17.2 Å². The molecule has 0 aliphatic rings. The van der Waals surface area contributed by atoms with Crippen LogP contribution in [-0.2, 0) is 11.3 Å². The van der Waals surface area contributed by atoms with Crippen LogP contribution < -0.4 is 4.80 Å². The minimum Gasteiger partial charge on any atom is -0.383 e. The molecule has 0 atom stereocenters. The number of thiazole rings is 1. The smallest absolute Gasteiger partial charge is 0.280 e. The van der Waals surface area contributed by atoms with Crippen molar-refractivity contribution in [3.05, 3.63) is 50.5 Å². The van der Waals surface area contributed by atoms with Crippen molar-refractivity contribution in [2.75, 3.05) is 13.7 Å². The normalized spacial score (nSPS) is 12.0. The quantitative estimate of drug-likeness (QED) is 0.868. The third kappa shape index (κ3) is 3.51. The molecule has 0 fully saturated rings. The molecule has 0 saturated heterocycles. The van der Waals surface area contributed by atoms with Crippen LogP contribution in [0.15, 0.2) is 23.2 Å². The van der Waals surface area contributed by atoms with Crippen molar-refractivity contribution in [2.45, 2.75) is 27.3 Å². The van der Waals surface area contributed by atoms with E-state index in [0.29, 0.717) is 29.1 Å². The van der Waals surface area contributed by atoms with Crippen LogP contribution in [0.25, 0.3) is 0 Å². The standard InChI is InChI=1S/C16H19FN2O2S/c1-10-5-6-13(17)9-14(10)15(20)18-16-19(7-8-21-4)11(2)12(3)22-16/h5-6,9H,7-8H2,1-4H3/b18-16-. The van der Waals surface area contributed by atoms with E-state index in [1.807, 2.05) is 18.4 Å². The summed E-state index contributed by atoms with van der Waals surface area (Å²) < 4.78 is 20.4. The van der Waals surface area contributed by atoms with Crippen LogP contribution in [0, 0.1) is 26.6 Å². The average molecular weight is 322 g/mol. The Morgan fingerprint density at radius 3 is 2.77 bits per heavy atom. The van der Waals surface area contributed by atoms with Gasteiger partial charge >= 0.3 is 0 Å². The zero-order chi connectivity index (χ0) is 16.3. The van der Waals surface area contributed by atoms with Crippen molar-refractivity contribution in [3.63, 3.8) is 0 Å². The summed E-state index contributed by atoms with van der Waals surface area (Å²) in [6, 6.07) is 4.15. The first kappa shape index (κ1) is 16.6. The minimum atomic E-state index is -0.435. The van der Waals surface area contributed by atoms with Gasteiger partial charge in [0.1, 0.15) is 5.82 Å². The van der Waals surface area contributed by atoms with Gasteiger partial charge in [-0.15, -0.1) is 11.3 Å². The Balaban J connectivity index is 2.46. The van der Waals surface area contributed by atoms with Gasteiger partial charge in [0.05, 0.1) is 6.61 Å². The summed E-state index contributed by atoms with van der Waals surface area (Å²) in [7, 11) is 1.63. The number of ether oxygens (including phenoxy) is 1. The number of hydrogen-bond donors (Lipinski definition) is 0. The second-order valence-corrected chi connectivity index (χ2v) is 6.23. The van der Waals surface area contributed by atoms with E-state index in [4.69, 9.17) is 4.74 Å². The van der Waals surface area contributed by atoms with Gasteiger partial charge in [0, 0.05) is 29.8 Å². The topological polar surface area (TPSA) is 43.6 Å². The van der Waals surface area contributed by atoms with E-state index in [2.05, 4.69) is 4.99 Å². The van der Waals surface area contributed by atoms with Gasteiger partial charge in [0.25, 0.3) is 5.91 Å². The summed E-state index contributed by atoms with van der Waals surface area (Å²) in [4.78, 5) is 18.3. The molecule has 0 spiro atoms. The molecule has 0 bridgehead atoms. The summed E-state index contributed by atoms with van der Waals surface area (Å²) in [6.07, 6.45) is 0. The number of benzene rings is 1. The van der Waals surface area contributed by atoms with E-state index in [9.17, 15) is 9.18 Å². The van der Waals surface area contributed by atoms with Crippen LogP contribution in [0.4, 0.5) is 4.39 Å². The molecule has 0 radical (unpaired) electrons. The molecule has 22 heavy (non-hydrogen) atoms. The van der Waals surface area contributed by atoms with E-state index in [-0.39, 0.29) is 0 Å². The zero-order valence-corrected chi connectivity index (χ0v) is 14.0. The number of hydrogen-bond acceptors (Lipinski definition) is 3. The van der Waals surface area contributed by atoms with E-state index in [1.54, 1.807) is 20.1 Å². The van der Waals surface area contributed by atoms with E-state index in [1.165, 1.54) is 23.5 Å². The molecule has 6 heteroatoms. The van der Waals surface area contributed by atoms with Crippen LogP contribution in [0.2, 0.25) is 0 Å². The molecule has 0 saturated carbocycles. The molecule has 4 nitrogen and oxygen atoms in total. The summed E-state index contributed by atoms with van der Waals surface area (Å²) in [5.41, 5.74) is 2.06. The molecule has 1 heterocycles. The first-order valence-corrected chi connectivity index (χ1v) is 7.76. The fraction of sp³-hybridized carbons (Fsp3) is 0.375. The monoisotopic (exact) mass is 322 g/mol. The highest BCUT2D eigenvalue weighted by molar-refractivity contribution is 7.09. The fourth-order valence-corrected chi connectivity index (χ4v) is 3.10. The molecule has 1 amide bonds. The van der Waals surface area contributed by atoms with Gasteiger partial charge in [-0.1, -0.05) is 6.07 Å². The maximum absolute atomic E-state index is 13.3. The number of amides is 1. The first-order valence-electron chi connectivity index (χ1n) is 6.95. The second-order valence-electron chi connectivity index (χ2n) is 5.05. The van der Waals surface area contributed by atoms with Gasteiger partial charge in [-0.25, -0.2) is 4.39 Å². The third-order valence-electron chi connectivity index (χ3n) is 3.54. The molecular weight excluding hydrogens is 303 g/mol. The first-order chi connectivity index (χ1) is 10.4. The number of rotatable bonds is 4. The molecule has 2 rings (SSSR count). The van der Waals surface area contributed by atoms with Crippen LogP contribution in [0.1, 0.15) is 26.5 Å². The summed E-state index contributed by atoms with van der Waals surface area (Å²) >= 11 is 1.45. The highest BCUT2D eigenvalue weighted by Crippen LogP contribution is 2.13. The summed E-state index contributed by atoms with van der Waals surface area (Å²) in [6.45, 7) is 6.91. The Kier molecular flexibility index (Phi) is 5.26. The second kappa shape index (κ2) is 6.98. The number of halogens is 1. The number of aromatic nitrogens is 1. The van der Waals surface area contributed by atoms with Crippen LogP contribution in [0.3, 0.4) is 0 Å². The lowest BCUT2D eigenvalue weighted by Gasteiger charge is -2.05. The Morgan fingerprint density at radius 2 is 2.09 bits per heavy atom. The molecular formula is C16H19FN2O2S. The number of aryl methyl sites for hydroxylation is 2. The van der Waals surface area contributed by atoms with E-state index < -0.39 is 11.7 Å². The molecule has 118 valence electrons. The molecule has 2 aromatic rings. The molecule has 0 N–H and O–H groups in total. The maximum atomic E-state index is 13.3. The van der Waals surface area contributed by atoms with E-state index >= 15 is 0 Å². The van der Waals surface area contributed by atoms with Gasteiger partial charge in [-0.2, -0.15) is 4.99 Å². The predicted octanol–water partition coefficient (Wildman–Crippen LogP) is 3.00. The number of methoxy groups -OCH3 is 1. The van der Waals surface area contributed by atoms with E-state index in [0.717, 1.165) is 10.6 Å². The SMILES string of the molecule is COCCn1c(C)c(C)s/c1=N\C(=O)c1cc(F)ccc1C. The third-order valence-corrected chi connectivity index (χ3v) is 4.63. The Morgan fingerprint density at radius 1 is 1.36 bits per heavy atom. The van der Waals surface area contributed by atoms with Crippen molar-refractivity contribution in [1.82, 2.24) is 4.57 Å². The van der Waals surface area contributed by atoms with Gasteiger partial charge in [0.15, 0.2) is 4.80 Å². The van der Waals surface area contributed by atoms with Crippen molar-refractivity contribution in [3.8, 4) is 0 Å².